The standard InChI is InChI=1S/C29H47FN4/c1-21-4-3-5-27(30)17-25(9-6-21)24-12-14-34(15-13-24)20-23-7-10-28(11-8-23)33-18-26-16-22(2)32-19-29(26)31/h16,18-19,21,23-25,27-28H,3-15,17,20,31H2,1-2H3. The fourth-order valence-corrected chi connectivity index (χ4v) is 6.66. The molecule has 1 aliphatic heterocycles. The van der Waals surface area contributed by atoms with Crippen molar-refractivity contribution in [2.75, 3.05) is 25.4 Å². The van der Waals surface area contributed by atoms with E-state index in [-0.39, 0.29) is 0 Å². The van der Waals surface area contributed by atoms with E-state index in [2.05, 4.69) is 16.8 Å². The molecule has 1 saturated heterocycles. The van der Waals surface area contributed by atoms with Crippen molar-refractivity contribution < 1.29 is 4.39 Å². The highest BCUT2D eigenvalue weighted by molar-refractivity contribution is 5.86. The van der Waals surface area contributed by atoms with Crippen LogP contribution in [0.5, 0.6) is 0 Å². The summed E-state index contributed by atoms with van der Waals surface area (Å²) in [5.41, 5.74) is 8.72. The van der Waals surface area contributed by atoms with Crippen LogP contribution in [0.25, 0.3) is 0 Å². The second kappa shape index (κ2) is 12.5. The molecule has 190 valence electrons. The highest BCUT2D eigenvalue weighted by atomic mass is 19.1. The fourth-order valence-electron chi connectivity index (χ4n) is 6.66. The molecule has 4 rings (SSSR count). The SMILES string of the molecule is Cc1cc(C=NC2CCC(CN3CCC(C4CCC(C)CCCC(F)C4)CC3)CC2)c(N)cn1. The Morgan fingerprint density at radius 1 is 1.03 bits per heavy atom. The molecule has 2 heterocycles. The summed E-state index contributed by atoms with van der Waals surface area (Å²) in [5, 5.41) is 0. The van der Waals surface area contributed by atoms with Crippen molar-refractivity contribution >= 4 is 11.9 Å². The molecule has 0 radical (unpaired) electrons. The lowest BCUT2D eigenvalue weighted by Crippen LogP contribution is -2.40. The molecule has 2 N–H and O–H groups in total. The minimum absolute atomic E-state index is 0.425. The number of anilines is 1. The summed E-state index contributed by atoms with van der Waals surface area (Å²) in [6, 6.07) is 2.44. The molecule has 0 spiro atoms. The molecule has 1 aromatic heterocycles. The number of halogens is 1. The number of likely N-dealkylation sites (tertiary alicyclic amines) is 1. The Morgan fingerprint density at radius 3 is 2.56 bits per heavy atom. The number of aromatic nitrogens is 1. The van der Waals surface area contributed by atoms with E-state index in [9.17, 15) is 4.39 Å². The number of aryl methyl sites for hydroxylation is 1. The summed E-state index contributed by atoms with van der Waals surface area (Å²) in [6.07, 6.45) is 17.1. The van der Waals surface area contributed by atoms with Crippen LogP contribution in [0.1, 0.15) is 95.2 Å². The Morgan fingerprint density at radius 2 is 1.79 bits per heavy atom. The fraction of sp³-hybridized carbons (Fsp3) is 0.793. The van der Waals surface area contributed by atoms with Crippen LogP contribution in [0.2, 0.25) is 0 Å². The van der Waals surface area contributed by atoms with Crippen molar-refractivity contribution in [2.24, 2.45) is 28.7 Å². The number of nitrogens with two attached hydrogens (primary N) is 1. The van der Waals surface area contributed by atoms with Crippen LogP contribution in [-0.2, 0) is 0 Å². The maximum Gasteiger partial charge on any atom is 0.100 e. The van der Waals surface area contributed by atoms with Gasteiger partial charge in [0.1, 0.15) is 6.17 Å². The lowest BCUT2D eigenvalue weighted by molar-refractivity contribution is 0.100. The van der Waals surface area contributed by atoms with Gasteiger partial charge < -0.3 is 10.6 Å². The Bertz CT molecular complexity index is 780. The molecule has 3 fully saturated rings. The van der Waals surface area contributed by atoms with Crippen LogP contribution in [0.3, 0.4) is 0 Å². The minimum Gasteiger partial charge on any atom is -0.397 e. The van der Waals surface area contributed by atoms with E-state index >= 15 is 0 Å². The summed E-state index contributed by atoms with van der Waals surface area (Å²) >= 11 is 0. The lowest BCUT2D eigenvalue weighted by Gasteiger charge is -2.39. The van der Waals surface area contributed by atoms with Gasteiger partial charge in [-0.05, 0) is 108 Å². The first-order chi connectivity index (χ1) is 16.5. The van der Waals surface area contributed by atoms with Gasteiger partial charge in [-0.3, -0.25) is 9.98 Å². The predicted octanol–water partition coefficient (Wildman–Crippen LogP) is 6.61. The van der Waals surface area contributed by atoms with Crippen molar-refractivity contribution in [1.29, 1.82) is 0 Å². The molecular formula is C29H47FN4. The number of nitrogen functional groups attached to an aromatic ring is 1. The van der Waals surface area contributed by atoms with Gasteiger partial charge in [-0.1, -0.05) is 26.2 Å². The van der Waals surface area contributed by atoms with Crippen molar-refractivity contribution in [3.05, 3.63) is 23.5 Å². The second-order valence-electron chi connectivity index (χ2n) is 11.8. The topological polar surface area (TPSA) is 54.5 Å². The summed E-state index contributed by atoms with van der Waals surface area (Å²) in [7, 11) is 0. The number of hydrogen-bond donors (Lipinski definition) is 1. The average Bonchev–Trinajstić information content (AvgIpc) is 2.91. The third-order valence-electron chi connectivity index (χ3n) is 8.96. The monoisotopic (exact) mass is 470 g/mol. The maximum absolute atomic E-state index is 14.5. The quantitative estimate of drug-likeness (QED) is 0.493. The van der Waals surface area contributed by atoms with Crippen LogP contribution in [0.4, 0.5) is 10.1 Å². The molecular weight excluding hydrogens is 423 g/mol. The number of nitrogens with zero attached hydrogens (tertiary/aromatic N) is 3. The van der Waals surface area contributed by atoms with Gasteiger partial charge in [-0.25, -0.2) is 4.39 Å². The first-order valence-electron chi connectivity index (χ1n) is 14.1. The normalized spacial score (nSPS) is 32.9. The summed E-state index contributed by atoms with van der Waals surface area (Å²) in [5.74, 6) is 2.94. The molecule has 3 atom stereocenters. The molecule has 0 aromatic carbocycles. The number of alkyl halides is 1. The molecule has 2 aliphatic carbocycles. The summed E-state index contributed by atoms with van der Waals surface area (Å²) in [6.45, 7) is 8.03. The third-order valence-corrected chi connectivity index (χ3v) is 8.96. The summed E-state index contributed by atoms with van der Waals surface area (Å²) < 4.78 is 14.5. The van der Waals surface area contributed by atoms with Crippen LogP contribution in [0.15, 0.2) is 17.3 Å². The second-order valence-corrected chi connectivity index (χ2v) is 11.8. The molecule has 3 unspecified atom stereocenters. The van der Waals surface area contributed by atoms with E-state index in [1.807, 2.05) is 19.2 Å². The van der Waals surface area contributed by atoms with E-state index in [4.69, 9.17) is 10.7 Å². The van der Waals surface area contributed by atoms with Gasteiger partial charge in [0.2, 0.25) is 0 Å². The maximum atomic E-state index is 14.5. The first kappa shape index (κ1) is 25.6. The van der Waals surface area contributed by atoms with Gasteiger partial charge in [0.25, 0.3) is 0 Å². The first-order valence-corrected chi connectivity index (χ1v) is 14.1. The molecule has 1 aromatic rings. The van der Waals surface area contributed by atoms with Crippen LogP contribution in [-0.4, -0.2) is 47.9 Å². The zero-order valence-corrected chi connectivity index (χ0v) is 21.6. The van der Waals surface area contributed by atoms with E-state index in [0.717, 1.165) is 48.3 Å². The highest BCUT2D eigenvalue weighted by Gasteiger charge is 2.31. The van der Waals surface area contributed by atoms with Gasteiger partial charge in [-0.15, -0.1) is 0 Å². The number of hydrogen-bond acceptors (Lipinski definition) is 4. The Balaban J connectivity index is 1.18. The van der Waals surface area contributed by atoms with Gasteiger partial charge in [0.15, 0.2) is 0 Å². The third kappa shape index (κ3) is 7.50. The van der Waals surface area contributed by atoms with Crippen molar-refractivity contribution in [2.45, 2.75) is 103 Å². The summed E-state index contributed by atoms with van der Waals surface area (Å²) in [4.78, 5) is 11.8. The van der Waals surface area contributed by atoms with Crippen LogP contribution >= 0.6 is 0 Å². The smallest absolute Gasteiger partial charge is 0.100 e. The van der Waals surface area contributed by atoms with Gasteiger partial charge >= 0.3 is 0 Å². The number of rotatable bonds is 5. The van der Waals surface area contributed by atoms with Crippen molar-refractivity contribution in [3.8, 4) is 0 Å². The van der Waals surface area contributed by atoms with E-state index in [1.54, 1.807) is 6.20 Å². The minimum atomic E-state index is -0.565. The van der Waals surface area contributed by atoms with Gasteiger partial charge in [-0.2, -0.15) is 0 Å². The van der Waals surface area contributed by atoms with Crippen LogP contribution < -0.4 is 5.73 Å². The van der Waals surface area contributed by atoms with Gasteiger partial charge in [0.05, 0.1) is 11.9 Å². The molecule has 3 aliphatic rings. The lowest BCUT2D eigenvalue weighted by atomic mass is 9.77. The largest absolute Gasteiger partial charge is 0.397 e. The Labute approximate surface area is 207 Å². The average molecular weight is 471 g/mol. The van der Waals surface area contributed by atoms with Gasteiger partial charge in [0, 0.05) is 30.1 Å². The molecule has 2 saturated carbocycles. The zero-order chi connectivity index (χ0) is 23.9. The molecule has 5 heteroatoms. The number of piperidine rings is 1. The van der Waals surface area contributed by atoms with Crippen molar-refractivity contribution in [1.82, 2.24) is 9.88 Å². The number of aliphatic imine (C=N–C) groups is 1. The molecule has 0 amide bonds. The number of pyridine rings is 1. The van der Waals surface area contributed by atoms with E-state index in [0.29, 0.717) is 17.6 Å². The Hall–Kier alpha value is -1.49. The van der Waals surface area contributed by atoms with Crippen molar-refractivity contribution in [3.63, 3.8) is 0 Å². The van der Waals surface area contributed by atoms with E-state index in [1.165, 1.54) is 77.4 Å². The zero-order valence-electron chi connectivity index (χ0n) is 21.6. The van der Waals surface area contributed by atoms with E-state index < -0.39 is 6.17 Å². The molecule has 0 bridgehead atoms. The molecule has 4 nitrogen and oxygen atoms in total. The highest BCUT2D eigenvalue weighted by Crippen LogP contribution is 2.37. The molecule has 34 heavy (non-hydrogen) atoms. The predicted molar refractivity (Wildman–Crippen MR) is 141 cm³/mol. The Kier molecular flexibility index (Phi) is 9.38. The van der Waals surface area contributed by atoms with Crippen LogP contribution in [0, 0.1) is 30.6 Å².